The van der Waals surface area contributed by atoms with Crippen LogP contribution >= 0.6 is 0 Å². The minimum Gasteiger partial charge on any atom is -0.497 e. The van der Waals surface area contributed by atoms with Crippen LogP contribution in [0.25, 0.3) is 0 Å². The van der Waals surface area contributed by atoms with E-state index in [2.05, 4.69) is 22.3 Å². The number of nitrogens with zero attached hydrogens (tertiary/aromatic N) is 2. The van der Waals surface area contributed by atoms with Gasteiger partial charge in [-0.15, -0.1) is 0 Å². The van der Waals surface area contributed by atoms with Crippen LogP contribution < -0.4 is 10.5 Å². The van der Waals surface area contributed by atoms with Crippen molar-refractivity contribution in [3.05, 3.63) is 77.4 Å². The van der Waals surface area contributed by atoms with Crippen molar-refractivity contribution in [1.29, 1.82) is 0 Å². The molecule has 124 valence electrons. The van der Waals surface area contributed by atoms with Gasteiger partial charge in [0.2, 0.25) is 5.89 Å². The fraction of sp³-hybridized carbons (Fsp3) is 0.263. The molecule has 3 aromatic rings. The van der Waals surface area contributed by atoms with Gasteiger partial charge in [0.15, 0.2) is 5.82 Å². The maximum Gasteiger partial charge on any atom is 0.243 e. The number of aromatic nitrogens is 2. The molecular weight excluding hydrogens is 302 g/mol. The summed E-state index contributed by atoms with van der Waals surface area (Å²) in [5.74, 6) is 1.97. The molecule has 3 rings (SSSR count). The first-order chi connectivity index (χ1) is 11.7. The average Bonchev–Trinajstić information content (AvgIpc) is 3.10. The van der Waals surface area contributed by atoms with Gasteiger partial charge in [0, 0.05) is 6.42 Å². The number of nitrogens with two attached hydrogens (primary N) is 1. The molecule has 1 heterocycles. The third kappa shape index (κ3) is 4.20. The van der Waals surface area contributed by atoms with E-state index in [-0.39, 0.29) is 6.04 Å². The third-order valence-corrected chi connectivity index (χ3v) is 3.91. The van der Waals surface area contributed by atoms with Crippen LogP contribution in [0.4, 0.5) is 0 Å². The Hall–Kier alpha value is -2.66. The van der Waals surface area contributed by atoms with E-state index < -0.39 is 0 Å². The zero-order chi connectivity index (χ0) is 16.8. The Morgan fingerprint density at radius 2 is 1.79 bits per heavy atom. The van der Waals surface area contributed by atoms with Crippen LogP contribution in [0, 0.1) is 0 Å². The number of aryl methyl sites for hydroxylation is 1. The molecule has 0 aliphatic heterocycles. The quantitative estimate of drug-likeness (QED) is 0.722. The number of ether oxygens (including phenoxy) is 1. The summed E-state index contributed by atoms with van der Waals surface area (Å²) in [6, 6.07) is 17.8. The fourth-order valence-corrected chi connectivity index (χ4v) is 2.51. The predicted octanol–water partition coefficient (Wildman–Crippen LogP) is 3.30. The van der Waals surface area contributed by atoms with Crippen molar-refractivity contribution in [2.45, 2.75) is 25.3 Å². The van der Waals surface area contributed by atoms with Gasteiger partial charge >= 0.3 is 0 Å². The van der Waals surface area contributed by atoms with Crippen LogP contribution in [-0.4, -0.2) is 17.3 Å². The molecule has 0 saturated heterocycles. The molecule has 0 fully saturated rings. The molecule has 0 saturated carbocycles. The summed E-state index contributed by atoms with van der Waals surface area (Å²) in [5.41, 5.74) is 8.53. The lowest BCUT2D eigenvalue weighted by Gasteiger charge is -2.06. The Kier molecular flexibility index (Phi) is 5.23. The second-order valence-electron chi connectivity index (χ2n) is 5.70. The monoisotopic (exact) mass is 323 g/mol. The van der Waals surface area contributed by atoms with Gasteiger partial charge in [0.05, 0.1) is 13.2 Å². The molecule has 0 aliphatic carbocycles. The molecule has 2 N–H and O–H groups in total. The highest BCUT2D eigenvalue weighted by atomic mass is 16.5. The summed E-state index contributed by atoms with van der Waals surface area (Å²) in [4.78, 5) is 4.43. The summed E-state index contributed by atoms with van der Waals surface area (Å²) < 4.78 is 10.5. The zero-order valence-electron chi connectivity index (χ0n) is 13.7. The van der Waals surface area contributed by atoms with Gasteiger partial charge in [-0.1, -0.05) is 47.6 Å². The van der Waals surface area contributed by atoms with Gasteiger partial charge in [0.25, 0.3) is 0 Å². The molecule has 5 nitrogen and oxygen atoms in total. The highest BCUT2D eigenvalue weighted by Gasteiger charge is 2.15. The van der Waals surface area contributed by atoms with E-state index in [1.165, 1.54) is 5.56 Å². The van der Waals surface area contributed by atoms with Crippen LogP contribution in [0.15, 0.2) is 59.1 Å². The second-order valence-corrected chi connectivity index (χ2v) is 5.70. The van der Waals surface area contributed by atoms with E-state index in [1.54, 1.807) is 7.11 Å². The first-order valence-corrected chi connectivity index (χ1v) is 7.99. The Morgan fingerprint density at radius 1 is 1.04 bits per heavy atom. The van der Waals surface area contributed by atoms with Gasteiger partial charge in [-0.05, 0) is 36.1 Å². The van der Waals surface area contributed by atoms with Gasteiger partial charge < -0.3 is 15.0 Å². The van der Waals surface area contributed by atoms with Gasteiger partial charge in [-0.2, -0.15) is 4.98 Å². The van der Waals surface area contributed by atoms with E-state index in [9.17, 15) is 0 Å². The lowest BCUT2D eigenvalue weighted by Crippen LogP contribution is -2.12. The number of methoxy groups -OCH3 is 1. The Balaban J connectivity index is 1.57. The molecular formula is C19H21N3O2. The van der Waals surface area contributed by atoms with Crippen molar-refractivity contribution in [3.8, 4) is 5.75 Å². The SMILES string of the molecule is COc1ccc(Cc2noc([C@H](N)CCc3ccccc3)n2)cc1. The third-order valence-electron chi connectivity index (χ3n) is 3.91. The molecule has 1 atom stereocenters. The number of benzene rings is 2. The lowest BCUT2D eigenvalue weighted by atomic mass is 10.1. The van der Waals surface area contributed by atoms with Crippen LogP contribution in [0.2, 0.25) is 0 Å². The number of rotatable bonds is 7. The minimum atomic E-state index is -0.248. The molecule has 5 heteroatoms. The van der Waals surface area contributed by atoms with Crippen molar-refractivity contribution < 1.29 is 9.26 Å². The molecule has 1 aromatic heterocycles. The number of hydrogen-bond donors (Lipinski definition) is 1. The van der Waals surface area contributed by atoms with Crippen LogP contribution in [0.3, 0.4) is 0 Å². The first kappa shape index (κ1) is 16.2. The topological polar surface area (TPSA) is 74.2 Å². The molecule has 0 bridgehead atoms. The number of hydrogen-bond acceptors (Lipinski definition) is 5. The van der Waals surface area contributed by atoms with Crippen molar-refractivity contribution in [2.24, 2.45) is 5.73 Å². The standard InChI is InChI=1S/C19H21N3O2/c1-23-16-10-7-15(8-11-16)13-18-21-19(24-22-18)17(20)12-9-14-5-3-2-4-6-14/h2-8,10-11,17H,9,12-13,20H2,1H3/t17-/m1/s1. The van der Waals surface area contributed by atoms with Gasteiger partial charge in [-0.3, -0.25) is 0 Å². The smallest absolute Gasteiger partial charge is 0.243 e. The summed E-state index contributed by atoms with van der Waals surface area (Å²) in [7, 11) is 1.65. The molecule has 0 unspecified atom stereocenters. The molecule has 0 aliphatic rings. The van der Waals surface area contributed by atoms with E-state index >= 15 is 0 Å². The summed E-state index contributed by atoms with van der Waals surface area (Å²) in [6.07, 6.45) is 2.27. The molecule has 2 aromatic carbocycles. The van der Waals surface area contributed by atoms with Crippen molar-refractivity contribution in [3.63, 3.8) is 0 Å². The summed E-state index contributed by atoms with van der Waals surface area (Å²) in [5, 5.41) is 4.03. The predicted molar refractivity (Wildman–Crippen MR) is 91.8 cm³/mol. The molecule has 24 heavy (non-hydrogen) atoms. The second kappa shape index (κ2) is 7.75. The highest BCUT2D eigenvalue weighted by molar-refractivity contribution is 5.28. The fourth-order valence-electron chi connectivity index (χ4n) is 2.51. The van der Waals surface area contributed by atoms with Gasteiger partial charge in [0.1, 0.15) is 5.75 Å². The van der Waals surface area contributed by atoms with Gasteiger partial charge in [-0.25, -0.2) is 0 Å². The average molecular weight is 323 g/mol. The van der Waals surface area contributed by atoms with E-state index in [0.29, 0.717) is 18.1 Å². The van der Waals surface area contributed by atoms with Crippen LogP contribution in [-0.2, 0) is 12.8 Å². The maximum absolute atomic E-state index is 6.17. The first-order valence-electron chi connectivity index (χ1n) is 7.99. The van der Waals surface area contributed by atoms with Crippen molar-refractivity contribution in [2.75, 3.05) is 7.11 Å². The Bertz CT molecular complexity index is 754. The van der Waals surface area contributed by atoms with E-state index in [1.807, 2.05) is 42.5 Å². The lowest BCUT2D eigenvalue weighted by molar-refractivity contribution is 0.345. The zero-order valence-corrected chi connectivity index (χ0v) is 13.7. The molecule has 0 amide bonds. The summed E-state index contributed by atoms with van der Waals surface area (Å²) in [6.45, 7) is 0. The largest absolute Gasteiger partial charge is 0.497 e. The Labute approximate surface area is 141 Å². The van der Waals surface area contributed by atoms with E-state index in [4.69, 9.17) is 15.0 Å². The van der Waals surface area contributed by atoms with E-state index in [0.717, 1.165) is 24.2 Å². The molecule has 0 spiro atoms. The maximum atomic E-state index is 6.17. The Morgan fingerprint density at radius 3 is 2.50 bits per heavy atom. The minimum absolute atomic E-state index is 0.248. The van der Waals surface area contributed by atoms with Crippen molar-refractivity contribution >= 4 is 0 Å². The summed E-state index contributed by atoms with van der Waals surface area (Å²) >= 11 is 0. The van der Waals surface area contributed by atoms with Crippen LogP contribution in [0.5, 0.6) is 5.75 Å². The molecule has 0 radical (unpaired) electrons. The van der Waals surface area contributed by atoms with Crippen LogP contribution in [0.1, 0.15) is 35.3 Å². The van der Waals surface area contributed by atoms with Crippen molar-refractivity contribution in [1.82, 2.24) is 10.1 Å². The normalized spacial score (nSPS) is 12.1. The highest BCUT2D eigenvalue weighted by Crippen LogP contribution is 2.17.